The molecular formula is C14H13NO4. The Labute approximate surface area is 110 Å². The van der Waals surface area contributed by atoms with Crippen LogP contribution in [0.5, 0.6) is 0 Å². The van der Waals surface area contributed by atoms with Crippen molar-refractivity contribution in [3.05, 3.63) is 35.4 Å². The van der Waals surface area contributed by atoms with Crippen molar-refractivity contribution in [2.45, 2.75) is 6.54 Å². The lowest BCUT2D eigenvalue weighted by Gasteiger charge is -2.24. The van der Waals surface area contributed by atoms with Crippen molar-refractivity contribution in [2.24, 2.45) is 0 Å². The van der Waals surface area contributed by atoms with Crippen LogP contribution in [-0.4, -0.2) is 41.6 Å². The van der Waals surface area contributed by atoms with Gasteiger partial charge in [0.2, 0.25) is 0 Å². The zero-order valence-electron chi connectivity index (χ0n) is 10.3. The number of hydrogen-bond donors (Lipinski definition) is 1. The topological polar surface area (TPSA) is 66.8 Å². The molecule has 19 heavy (non-hydrogen) atoms. The molecule has 1 aliphatic heterocycles. The number of hydrogen-bond acceptors (Lipinski definition) is 4. The van der Waals surface area contributed by atoms with Crippen LogP contribution in [0, 0.1) is 11.8 Å². The zero-order valence-corrected chi connectivity index (χ0v) is 10.3. The van der Waals surface area contributed by atoms with Crippen LogP contribution in [-0.2, 0) is 20.9 Å². The first kappa shape index (κ1) is 13.3. The molecule has 0 atom stereocenters. The van der Waals surface area contributed by atoms with Gasteiger partial charge < -0.3 is 9.84 Å². The molecule has 0 aliphatic carbocycles. The molecule has 5 heteroatoms. The highest BCUT2D eigenvalue weighted by atomic mass is 16.5. The summed E-state index contributed by atoms with van der Waals surface area (Å²) in [6.07, 6.45) is 0. The number of imide groups is 1. The van der Waals surface area contributed by atoms with Gasteiger partial charge >= 0.3 is 0 Å². The van der Waals surface area contributed by atoms with Gasteiger partial charge in [0.15, 0.2) is 0 Å². The molecule has 1 aromatic rings. The Morgan fingerprint density at radius 2 is 1.79 bits per heavy atom. The second-order valence-electron chi connectivity index (χ2n) is 4.02. The number of rotatable bonds is 2. The quantitative estimate of drug-likeness (QED) is 0.595. The molecule has 1 saturated heterocycles. The number of morpholine rings is 1. The van der Waals surface area contributed by atoms with Crippen molar-refractivity contribution in [2.75, 3.05) is 19.8 Å². The average molecular weight is 259 g/mol. The normalized spacial score (nSPS) is 15.1. The van der Waals surface area contributed by atoms with E-state index in [1.807, 2.05) is 0 Å². The summed E-state index contributed by atoms with van der Waals surface area (Å²) in [7, 11) is 0. The Bertz CT molecular complexity index is 523. The van der Waals surface area contributed by atoms with Crippen LogP contribution in [0.1, 0.15) is 11.1 Å². The highest BCUT2D eigenvalue weighted by molar-refractivity contribution is 5.98. The first-order valence-corrected chi connectivity index (χ1v) is 5.80. The number of aliphatic hydroxyl groups excluding tert-OH is 1. The van der Waals surface area contributed by atoms with Crippen LogP contribution in [0.3, 0.4) is 0 Å². The first-order chi connectivity index (χ1) is 9.20. The van der Waals surface area contributed by atoms with E-state index in [0.717, 1.165) is 11.1 Å². The van der Waals surface area contributed by atoms with Crippen LogP contribution >= 0.6 is 0 Å². The van der Waals surface area contributed by atoms with Crippen molar-refractivity contribution in [3.63, 3.8) is 0 Å². The van der Waals surface area contributed by atoms with Gasteiger partial charge in [0.1, 0.15) is 19.8 Å². The van der Waals surface area contributed by atoms with E-state index >= 15 is 0 Å². The number of benzene rings is 1. The highest BCUT2D eigenvalue weighted by Gasteiger charge is 2.26. The molecule has 1 fully saturated rings. The van der Waals surface area contributed by atoms with Crippen LogP contribution in [0.15, 0.2) is 24.3 Å². The smallest absolute Gasteiger partial charge is 0.255 e. The second-order valence-corrected chi connectivity index (χ2v) is 4.02. The maximum Gasteiger partial charge on any atom is 0.255 e. The van der Waals surface area contributed by atoms with Crippen LogP contribution in [0.2, 0.25) is 0 Å². The van der Waals surface area contributed by atoms with Crippen LogP contribution in [0.4, 0.5) is 0 Å². The average Bonchev–Trinajstić information content (AvgIpc) is 2.42. The molecule has 0 unspecified atom stereocenters. The second kappa shape index (κ2) is 6.14. The van der Waals surface area contributed by atoms with Gasteiger partial charge in [0.05, 0.1) is 6.54 Å². The van der Waals surface area contributed by atoms with Gasteiger partial charge in [-0.3, -0.25) is 14.5 Å². The molecule has 2 amide bonds. The third kappa shape index (κ3) is 3.41. The molecule has 1 aliphatic rings. The van der Waals surface area contributed by atoms with E-state index in [9.17, 15) is 9.59 Å². The predicted molar refractivity (Wildman–Crippen MR) is 66.8 cm³/mol. The van der Waals surface area contributed by atoms with E-state index in [0.29, 0.717) is 0 Å². The third-order valence-electron chi connectivity index (χ3n) is 2.66. The lowest BCUT2D eigenvalue weighted by Crippen LogP contribution is -2.45. The number of nitrogens with zero attached hydrogens (tertiary/aromatic N) is 1. The molecule has 1 N–H and O–H groups in total. The molecule has 0 radical (unpaired) electrons. The van der Waals surface area contributed by atoms with Gasteiger partial charge in [-0.25, -0.2) is 0 Å². The molecule has 0 bridgehead atoms. The number of carbonyl (C=O) groups is 2. The van der Waals surface area contributed by atoms with Crippen molar-refractivity contribution < 1.29 is 19.4 Å². The fraction of sp³-hybridized carbons (Fsp3) is 0.286. The molecule has 98 valence electrons. The minimum absolute atomic E-state index is 0.0498. The van der Waals surface area contributed by atoms with E-state index in [4.69, 9.17) is 9.84 Å². The lowest BCUT2D eigenvalue weighted by atomic mass is 10.1. The van der Waals surface area contributed by atoms with Crippen molar-refractivity contribution in [3.8, 4) is 11.8 Å². The monoisotopic (exact) mass is 259 g/mol. The summed E-state index contributed by atoms with van der Waals surface area (Å²) < 4.78 is 4.84. The predicted octanol–water partition coefficient (Wildman–Crippen LogP) is -0.0842. The fourth-order valence-corrected chi connectivity index (χ4v) is 1.71. The third-order valence-corrected chi connectivity index (χ3v) is 2.66. The molecule has 2 rings (SSSR count). The van der Waals surface area contributed by atoms with Gasteiger partial charge in [0, 0.05) is 5.56 Å². The summed E-state index contributed by atoms with van der Waals surface area (Å²) in [5.74, 6) is 4.69. The minimum atomic E-state index is -0.319. The SMILES string of the molecule is O=C1COCC(=O)N1Cc1ccc(C#CCO)cc1. The number of aliphatic hydroxyl groups is 1. The van der Waals surface area contributed by atoms with E-state index < -0.39 is 0 Å². The molecule has 0 aromatic heterocycles. The van der Waals surface area contributed by atoms with Gasteiger partial charge in [-0.1, -0.05) is 24.0 Å². The number of amides is 2. The summed E-state index contributed by atoms with van der Waals surface area (Å²) in [5.41, 5.74) is 1.62. The fourth-order valence-electron chi connectivity index (χ4n) is 1.71. The van der Waals surface area contributed by atoms with E-state index in [2.05, 4.69) is 11.8 Å². The zero-order chi connectivity index (χ0) is 13.7. The molecular weight excluding hydrogens is 246 g/mol. The standard InChI is InChI=1S/C14H13NO4/c16-7-1-2-11-3-5-12(6-4-11)8-15-13(17)9-19-10-14(15)18/h3-6,16H,7-10H2. The van der Waals surface area contributed by atoms with Crippen molar-refractivity contribution in [1.82, 2.24) is 4.90 Å². The Hall–Kier alpha value is -2.16. The maximum atomic E-state index is 11.5. The Morgan fingerprint density at radius 3 is 2.37 bits per heavy atom. The lowest BCUT2D eigenvalue weighted by molar-refractivity contribution is -0.159. The largest absolute Gasteiger partial charge is 0.384 e. The van der Waals surface area contributed by atoms with Gasteiger partial charge in [-0.2, -0.15) is 0 Å². The summed E-state index contributed by atoms with van der Waals surface area (Å²) >= 11 is 0. The van der Waals surface area contributed by atoms with E-state index in [1.165, 1.54) is 4.90 Å². The summed E-state index contributed by atoms with van der Waals surface area (Å²) in [6, 6.07) is 7.18. The Morgan fingerprint density at radius 1 is 1.16 bits per heavy atom. The summed E-state index contributed by atoms with van der Waals surface area (Å²) in [6.45, 7) is -0.0368. The molecule has 0 spiro atoms. The summed E-state index contributed by atoms with van der Waals surface area (Å²) in [5, 5.41) is 8.59. The number of carbonyl (C=O) groups excluding carboxylic acids is 2. The number of ether oxygens (including phenoxy) is 1. The van der Waals surface area contributed by atoms with Gasteiger partial charge in [-0.15, -0.1) is 0 Å². The van der Waals surface area contributed by atoms with Crippen molar-refractivity contribution >= 4 is 11.8 Å². The van der Waals surface area contributed by atoms with Crippen LogP contribution in [0.25, 0.3) is 0 Å². The van der Waals surface area contributed by atoms with Gasteiger partial charge in [-0.05, 0) is 17.7 Å². The van der Waals surface area contributed by atoms with Crippen molar-refractivity contribution in [1.29, 1.82) is 0 Å². The minimum Gasteiger partial charge on any atom is -0.384 e. The maximum absolute atomic E-state index is 11.5. The van der Waals surface area contributed by atoms with E-state index in [1.54, 1.807) is 24.3 Å². The van der Waals surface area contributed by atoms with Gasteiger partial charge in [0.25, 0.3) is 11.8 Å². The Balaban J connectivity index is 2.06. The Kier molecular flexibility index (Phi) is 4.29. The molecule has 5 nitrogen and oxygen atoms in total. The van der Waals surface area contributed by atoms with E-state index in [-0.39, 0.29) is 38.2 Å². The molecule has 1 heterocycles. The first-order valence-electron chi connectivity index (χ1n) is 5.80. The summed E-state index contributed by atoms with van der Waals surface area (Å²) in [4.78, 5) is 24.3. The molecule has 1 aromatic carbocycles. The van der Waals surface area contributed by atoms with Crippen LogP contribution < -0.4 is 0 Å². The highest BCUT2D eigenvalue weighted by Crippen LogP contribution is 2.10. The molecule has 0 saturated carbocycles.